The molecule has 1 heterocycles. The van der Waals surface area contributed by atoms with Crippen molar-refractivity contribution in [2.24, 2.45) is 0 Å². The van der Waals surface area contributed by atoms with E-state index in [2.05, 4.69) is 15.0 Å². The highest BCUT2D eigenvalue weighted by atomic mass is 35.5. The Balaban J connectivity index is 2.15. The molecule has 2 rings (SSSR count). The van der Waals surface area contributed by atoms with Crippen LogP contribution in [0.2, 0.25) is 5.02 Å². The average Bonchev–Trinajstić information content (AvgIpc) is 3.04. The number of rotatable bonds is 6. The first kappa shape index (κ1) is 17.0. The third-order valence-electron chi connectivity index (χ3n) is 3.51. The maximum atomic E-state index is 12.7. The Hall–Kier alpha value is -2.34. The maximum Gasteiger partial charge on any atom is 0.256 e. The molecular weight excluding hydrogens is 318 g/mol. The van der Waals surface area contributed by atoms with Crippen molar-refractivity contribution in [3.63, 3.8) is 0 Å². The zero-order chi connectivity index (χ0) is 16.8. The van der Waals surface area contributed by atoms with Gasteiger partial charge in [0.2, 0.25) is 5.91 Å². The highest BCUT2D eigenvalue weighted by Crippen LogP contribution is 2.19. The van der Waals surface area contributed by atoms with Gasteiger partial charge in [0, 0.05) is 12.1 Å². The topological polar surface area (TPSA) is 75.4 Å². The molecule has 1 aromatic carbocycles. The second-order valence-electron chi connectivity index (χ2n) is 5.10. The van der Waals surface area contributed by atoms with Crippen LogP contribution in [0.5, 0.6) is 0 Å². The van der Waals surface area contributed by atoms with E-state index in [0.717, 1.165) is 0 Å². The van der Waals surface area contributed by atoms with Crippen LogP contribution in [0.1, 0.15) is 30.6 Å². The number of amides is 2. The molecular formula is C16H18ClN3O3. The fourth-order valence-electron chi connectivity index (χ4n) is 2.05. The monoisotopic (exact) mass is 335 g/mol. The maximum absolute atomic E-state index is 12.7. The van der Waals surface area contributed by atoms with Crippen molar-refractivity contribution in [2.75, 3.05) is 11.9 Å². The van der Waals surface area contributed by atoms with E-state index in [4.69, 9.17) is 11.6 Å². The third-order valence-corrected chi connectivity index (χ3v) is 3.84. The molecule has 0 aliphatic rings. The van der Waals surface area contributed by atoms with E-state index in [-0.39, 0.29) is 24.4 Å². The zero-order valence-electron chi connectivity index (χ0n) is 13.0. The summed E-state index contributed by atoms with van der Waals surface area (Å²) >= 11 is 6.09. The molecule has 1 unspecified atom stereocenters. The van der Waals surface area contributed by atoms with Crippen molar-refractivity contribution in [1.82, 2.24) is 10.1 Å². The van der Waals surface area contributed by atoms with Crippen molar-refractivity contribution in [3.8, 4) is 0 Å². The van der Waals surface area contributed by atoms with Gasteiger partial charge in [-0.1, -0.05) is 35.8 Å². The molecule has 122 valence electrons. The highest BCUT2D eigenvalue weighted by molar-refractivity contribution is 6.33. The number of carbonyl (C=O) groups excluding carboxylic acids is 2. The lowest BCUT2D eigenvalue weighted by Crippen LogP contribution is -2.43. The summed E-state index contributed by atoms with van der Waals surface area (Å²) < 4.78 is 4.66. The molecule has 0 spiro atoms. The number of nitrogens with zero attached hydrogens (tertiary/aromatic N) is 2. The van der Waals surface area contributed by atoms with E-state index < -0.39 is 0 Å². The molecule has 0 radical (unpaired) electrons. The standard InChI is InChI=1S/C16H18ClN3O3/c1-3-11(2)20(10-15(21)18-14-8-9-23-19-14)16(22)12-6-4-5-7-13(12)17/h4-9,11H,3,10H2,1-2H3,(H,18,19,21). The number of hydrogen-bond donors (Lipinski definition) is 1. The molecule has 7 heteroatoms. The van der Waals surface area contributed by atoms with Crippen molar-refractivity contribution in [3.05, 3.63) is 47.2 Å². The summed E-state index contributed by atoms with van der Waals surface area (Å²) in [4.78, 5) is 26.4. The third kappa shape index (κ3) is 4.32. The van der Waals surface area contributed by atoms with Gasteiger partial charge in [-0.15, -0.1) is 0 Å². The molecule has 0 saturated carbocycles. The Bertz CT molecular complexity index is 673. The minimum absolute atomic E-state index is 0.0913. The Morgan fingerprint density at radius 2 is 2.09 bits per heavy atom. The van der Waals surface area contributed by atoms with Gasteiger partial charge in [0.25, 0.3) is 5.91 Å². The summed E-state index contributed by atoms with van der Waals surface area (Å²) in [6.45, 7) is 3.75. The molecule has 2 amide bonds. The van der Waals surface area contributed by atoms with Crippen LogP contribution in [0, 0.1) is 0 Å². The molecule has 1 aromatic heterocycles. The van der Waals surface area contributed by atoms with Crippen molar-refractivity contribution in [2.45, 2.75) is 26.3 Å². The fourth-order valence-corrected chi connectivity index (χ4v) is 2.27. The SMILES string of the molecule is CCC(C)N(CC(=O)Nc1ccon1)C(=O)c1ccccc1Cl. The smallest absolute Gasteiger partial charge is 0.256 e. The number of anilines is 1. The number of nitrogens with one attached hydrogen (secondary N) is 1. The van der Waals surface area contributed by atoms with Gasteiger partial charge in [0.15, 0.2) is 5.82 Å². The van der Waals surface area contributed by atoms with Gasteiger partial charge in [-0.2, -0.15) is 0 Å². The zero-order valence-corrected chi connectivity index (χ0v) is 13.7. The summed E-state index contributed by atoms with van der Waals surface area (Å²) in [5.41, 5.74) is 0.378. The Labute approximate surface area is 139 Å². The van der Waals surface area contributed by atoms with Crippen LogP contribution >= 0.6 is 11.6 Å². The van der Waals surface area contributed by atoms with Gasteiger partial charge < -0.3 is 14.7 Å². The first-order valence-electron chi connectivity index (χ1n) is 7.28. The number of aromatic nitrogens is 1. The van der Waals surface area contributed by atoms with E-state index in [1.54, 1.807) is 24.3 Å². The minimum Gasteiger partial charge on any atom is -0.363 e. The fraction of sp³-hybridized carbons (Fsp3) is 0.312. The predicted molar refractivity (Wildman–Crippen MR) is 87.4 cm³/mol. The number of halogens is 1. The summed E-state index contributed by atoms with van der Waals surface area (Å²) in [6, 6.07) is 8.21. The number of carbonyl (C=O) groups is 2. The quantitative estimate of drug-likeness (QED) is 0.879. The van der Waals surface area contributed by atoms with E-state index in [1.165, 1.54) is 17.2 Å². The van der Waals surface area contributed by atoms with Crippen LogP contribution in [0.4, 0.5) is 5.82 Å². The first-order valence-corrected chi connectivity index (χ1v) is 7.66. The molecule has 0 bridgehead atoms. The largest absolute Gasteiger partial charge is 0.363 e. The van der Waals surface area contributed by atoms with Crippen LogP contribution < -0.4 is 5.32 Å². The van der Waals surface area contributed by atoms with Crippen LogP contribution in [0.25, 0.3) is 0 Å². The lowest BCUT2D eigenvalue weighted by Gasteiger charge is -2.28. The molecule has 0 saturated heterocycles. The van der Waals surface area contributed by atoms with Gasteiger partial charge in [0.1, 0.15) is 12.8 Å². The first-order chi connectivity index (χ1) is 11.0. The van der Waals surface area contributed by atoms with Gasteiger partial charge in [0.05, 0.1) is 10.6 Å². The van der Waals surface area contributed by atoms with Crippen molar-refractivity contribution < 1.29 is 14.1 Å². The molecule has 0 fully saturated rings. The van der Waals surface area contributed by atoms with E-state index >= 15 is 0 Å². The van der Waals surface area contributed by atoms with Crippen LogP contribution in [-0.4, -0.2) is 34.5 Å². The van der Waals surface area contributed by atoms with Crippen molar-refractivity contribution >= 4 is 29.2 Å². The molecule has 6 nitrogen and oxygen atoms in total. The predicted octanol–water partition coefficient (Wildman–Crippen LogP) is 3.21. The second-order valence-corrected chi connectivity index (χ2v) is 5.51. The molecule has 23 heavy (non-hydrogen) atoms. The summed E-state index contributed by atoms with van der Waals surface area (Å²) in [5, 5.41) is 6.56. The normalized spacial score (nSPS) is 11.8. The lowest BCUT2D eigenvalue weighted by atomic mass is 10.1. The van der Waals surface area contributed by atoms with Gasteiger partial charge in [-0.05, 0) is 25.5 Å². The molecule has 0 aliphatic heterocycles. The lowest BCUT2D eigenvalue weighted by molar-refractivity contribution is -0.117. The molecule has 1 N–H and O–H groups in total. The molecule has 2 aromatic rings. The molecule has 0 aliphatic carbocycles. The van der Waals surface area contributed by atoms with Crippen LogP contribution in [0.3, 0.4) is 0 Å². The second kappa shape index (κ2) is 7.78. The van der Waals surface area contributed by atoms with Crippen molar-refractivity contribution in [1.29, 1.82) is 0 Å². The van der Waals surface area contributed by atoms with Crippen LogP contribution in [0.15, 0.2) is 41.1 Å². The average molecular weight is 336 g/mol. The summed E-state index contributed by atoms with van der Waals surface area (Å²) in [5.74, 6) is -0.316. The number of benzene rings is 1. The van der Waals surface area contributed by atoms with E-state index in [1.807, 2.05) is 13.8 Å². The number of hydrogen-bond acceptors (Lipinski definition) is 4. The minimum atomic E-state index is -0.348. The summed E-state index contributed by atoms with van der Waals surface area (Å²) in [7, 11) is 0. The van der Waals surface area contributed by atoms with E-state index in [9.17, 15) is 9.59 Å². The van der Waals surface area contributed by atoms with Crippen LogP contribution in [-0.2, 0) is 4.79 Å². The van der Waals surface area contributed by atoms with E-state index in [0.29, 0.717) is 22.8 Å². The Morgan fingerprint density at radius 1 is 1.35 bits per heavy atom. The highest BCUT2D eigenvalue weighted by Gasteiger charge is 2.24. The molecule has 1 atom stereocenters. The van der Waals surface area contributed by atoms with Gasteiger partial charge in [-0.3, -0.25) is 9.59 Å². The Kier molecular flexibility index (Phi) is 5.76. The van der Waals surface area contributed by atoms with Gasteiger partial charge in [-0.25, -0.2) is 0 Å². The summed E-state index contributed by atoms with van der Waals surface area (Å²) in [6.07, 6.45) is 2.07. The Morgan fingerprint density at radius 3 is 2.70 bits per heavy atom. The van der Waals surface area contributed by atoms with Gasteiger partial charge >= 0.3 is 0 Å².